The lowest BCUT2D eigenvalue weighted by Gasteiger charge is -2.19. The van der Waals surface area contributed by atoms with Crippen molar-refractivity contribution in [3.63, 3.8) is 0 Å². The molecule has 0 amide bonds. The monoisotopic (exact) mass is 145 g/mol. The molecule has 0 bridgehead atoms. The third-order valence-electron chi connectivity index (χ3n) is 1.59. The minimum atomic E-state index is 0.0616. The fraction of sp³-hybridized carbons (Fsp3) is 1.00. The minimum Gasteiger partial charge on any atom is -0.315 e. The molecule has 1 unspecified atom stereocenters. The Balaban J connectivity index is 3.31. The van der Waals surface area contributed by atoms with Gasteiger partial charge in [0.15, 0.2) is 0 Å². The maximum Gasteiger partial charge on any atom is 0.0699 e. The quantitative estimate of drug-likeness (QED) is 0.473. The molecule has 0 fully saturated rings. The summed E-state index contributed by atoms with van der Waals surface area (Å²) < 4.78 is 0. The van der Waals surface area contributed by atoms with Crippen LogP contribution in [0.4, 0.5) is 0 Å². The Hall–Kier alpha value is -0.120. The van der Waals surface area contributed by atoms with Crippen molar-refractivity contribution < 1.29 is 0 Å². The molecule has 62 valence electrons. The van der Waals surface area contributed by atoms with Crippen molar-refractivity contribution in [2.24, 2.45) is 5.73 Å². The zero-order valence-electron chi connectivity index (χ0n) is 7.15. The second kappa shape index (κ2) is 5.65. The van der Waals surface area contributed by atoms with Crippen LogP contribution in [-0.2, 0) is 0 Å². The highest BCUT2D eigenvalue weighted by Crippen LogP contribution is 1.84. The van der Waals surface area contributed by atoms with Crippen molar-refractivity contribution in [3.05, 3.63) is 0 Å². The van der Waals surface area contributed by atoms with Crippen molar-refractivity contribution in [3.8, 4) is 0 Å². The highest BCUT2D eigenvalue weighted by atomic mass is 15.1. The Bertz CT molecular complexity index is 75.3. The second-order valence-corrected chi connectivity index (χ2v) is 2.56. The number of likely N-dealkylation sites (N-methyl/N-ethyl adjacent to an activating group) is 1. The molecule has 0 aliphatic carbocycles. The van der Waals surface area contributed by atoms with Crippen LogP contribution in [0.15, 0.2) is 0 Å². The smallest absolute Gasteiger partial charge is 0.0699 e. The van der Waals surface area contributed by atoms with Gasteiger partial charge in [0.25, 0.3) is 0 Å². The number of hydrogen-bond acceptors (Lipinski definition) is 3. The van der Waals surface area contributed by atoms with Gasteiger partial charge in [0.2, 0.25) is 0 Å². The Kier molecular flexibility index (Phi) is 5.58. The van der Waals surface area contributed by atoms with E-state index in [0.717, 1.165) is 13.0 Å². The van der Waals surface area contributed by atoms with Crippen LogP contribution in [0.25, 0.3) is 0 Å². The average molecular weight is 145 g/mol. The lowest BCUT2D eigenvalue weighted by molar-refractivity contribution is 0.418. The van der Waals surface area contributed by atoms with Crippen LogP contribution in [-0.4, -0.2) is 25.8 Å². The molecule has 3 heteroatoms. The van der Waals surface area contributed by atoms with Crippen LogP contribution in [0.5, 0.6) is 0 Å². The first-order valence-electron chi connectivity index (χ1n) is 3.88. The molecular formula is C7H19N3. The van der Waals surface area contributed by atoms with Crippen LogP contribution in [0.3, 0.4) is 0 Å². The maximum absolute atomic E-state index is 5.68. The van der Waals surface area contributed by atoms with Crippen LogP contribution >= 0.6 is 0 Å². The van der Waals surface area contributed by atoms with Gasteiger partial charge in [0, 0.05) is 6.04 Å². The summed E-state index contributed by atoms with van der Waals surface area (Å²) in [6.45, 7) is 5.26. The first kappa shape index (κ1) is 9.88. The zero-order valence-corrected chi connectivity index (χ0v) is 7.15. The van der Waals surface area contributed by atoms with Gasteiger partial charge in [0.05, 0.1) is 6.17 Å². The largest absolute Gasteiger partial charge is 0.315 e. The van der Waals surface area contributed by atoms with E-state index in [0.29, 0.717) is 6.04 Å². The van der Waals surface area contributed by atoms with Crippen molar-refractivity contribution in [2.75, 3.05) is 13.6 Å². The molecular weight excluding hydrogens is 126 g/mol. The zero-order chi connectivity index (χ0) is 7.98. The molecule has 4 N–H and O–H groups in total. The van der Waals surface area contributed by atoms with E-state index in [9.17, 15) is 0 Å². The van der Waals surface area contributed by atoms with E-state index in [-0.39, 0.29) is 6.17 Å². The van der Waals surface area contributed by atoms with E-state index in [4.69, 9.17) is 5.73 Å². The summed E-state index contributed by atoms with van der Waals surface area (Å²) in [6.07, 6.45) is 1.22. The van der Waals surface area contributed by atoms with Gasteiger partial charge in [-0.2, -0.15) is 0 Å². The van der Waals surface area contributed by atoms with Crippen molar-refractivity contribution >= 4 is 0 Å². The summed E-state index contributed by atoms with van der Waals surface area (Å²) in [5.41, 5.74) is 5.68. The lowest BCUT2D eigenvalue weighted by atomic mass is 10.2. The van der Waals surface area contributed by atoms with Crippen LogP contribution < -0.4 is 16.4 Å². The summed E-state index contributed by atoms with van der Waals surface area (Å²) in [5.74, 6) is 0. The normalized spacial score (nSPS) is 16.8. The maximum atomic E-state index is 5.68. The summed E-state index contributed by atoms with van der Waals surface area (Å²) in [5, 5.41) is 6.28. The van der Waals surface area contributed by atoms with E-state index < -0.39 is 0 Å². The predicted molar refractivity (Wildman–Crippen MR) is 44.8 cm³/mol. The molecule has 0 aromatic rings. The molecule has 0 aliphatic rings. The molecule has 0 aromatic carbocycles. The molecule has 0 saturated heterocycles. The topological polar surface area (TPSA) is 50.1 Å². The number of nitrogens with one attached hydrogen (secondary N) is 2. The van der Waals surface area contributed by atoms with Gasteiger partial charge in [-0.1, -0.05) is 6.92 Å². The summed E-state index contributed by atoms with van der Waals surface area (Å²) in [6, 6.07) is 0.352. The van der Waals surface area contributed by atoms with Crippen LogP contribution in [0, 0.1) is 0 Å². The van der Waals surface area contributed by atoms with Gasteiger partial charge in [-0.25, -0.2) is 0 Å². The third-order valence-corrected chi connectivity index (χ3v) is 1.59. The van der Waals surface area contributed by atoms with E-state index >= 15 is 0 Å². The molecule has 0 heterocycles. The van der Waals surface area contributed by atoms with Gasteiger partial charge in [-0.3, -0.25) is 0 Å². The molecule has 0 rings (SSSR count). The molecule has 0 aromatic heterocycles. The Morgan fingerprint density at radius 1 is 1.50 bits per heavy atom. The van der Waals surface area contributed by atoms with Gasteiger partial charge < -0.3 is 16.4 Å². The number of nitrogens with two attached hydrogens (primary N) is 1. The fourth-order valence-corrected chi connectivity index (χ4v) is 0.749. The predicted octanol–water partition coefficient (Wildman–Crippen LogP) is -0.121. The second-order valence-electron chi connectivity index (χ2n) is 2.56. The molecule has 2 atom stereocenters. The van der Waals surface area contributed by atoms with Gasteiger partial charge in [-0.05, 0) is 26.9 Å². The number of rotatable bonds is 5. The summed E-state index contributed by atoms with van der Waals surface area (Å²) >= 11 is 0. The van der Waals surface area contributed by atoms with Gasteiger partial charge in [-0.15, -0.1) is 0 Å². The van der Waals surface area contributed by atoms with Crippen LogP contribution in [0.2, 0.25) is 0 Å². The van der Waals surface area contributed by atoms with E-state index in [1.807, 2.05) is 7.05 Å². The molecule has 0 saturated carbocycles. The average Bonchev–Trinajstić information content (AvgIpc) is 1.98. The first-order chi connectivity index (χ1) is 4.72. The highest BCUT2D eigenvalue weighted by Gasteiger charge is 2.07. The summed E-state index contributed by atoms with van der Waals surface area (Å²) in [7, 11) is 1.87. The molecule has 0 spiro atoms. The highest BCUT2D eigenvalue weighted by molar-refractivity contribution is 4.70. The van der Waals surface area contributed by atoms with Crippen molar-refractivity contribution in [1.82, 2.24) is 10.6 Å². The van der Waals surface area contributed by atoms with Gasteiger partial charge in [0.1, 0.15) is 0 Å². The van der Waals surface area contributed by atoms with Gasteiger partial charge >= 0.3 is 0 Å². The minimum absolute atomic E-state index is 0.0616. The molecule has 0 aliphatic heterocycles. The molecule has 10 heavy (non-hydrogen) atoms. The van der Waals surface area contributed by atoms with E-state index in [2.05, 4.69) is 24.5 Å². The van der Waals surface area contributed by atoms with E-state index in [1.165, 1.54) is 0 Å². The van der Waals surface area contributed by atoms with Crippen molar-refractivity contribution in [1.29, 1.82) is 0 Å². The standard InChI is InChI=1S/C7H19N3/c1-4-5-10-6(2)7(8)9-3/h6-7,9-10H,4-5,8H2,1-3H3/t6?,7-/m0/s1. The van der Waals surface area contributed by atoms with Crippen LogP contribution in [0.1, 0.15) is 20.3 Å². The third kappa shape index (κ3) is 3.82. The molecule has 0 radical (unpaired) electrons. The SMILES string of the molecule is CCCNC(C)[C@@H](N)NC. The Labute approximate surface area is 63.4 Å². The number of hydrogen-bond donors (Lipinski definition) is 3. The molecule has 3 nitrogen and oxygen atoms in total. The van der Waals surface area contributed by atoms with Crippen molar-refractivity contribution in [2.45, 2.75) is 32.5 Å². The lowest BCUT2D eigenvalue weighted by Crippen LogP contribution is -2.50. The Morgan fingerprint density at radius 3 is 2.50 bits per heavy atom. The first-order valence-corrected chi connectivity index (χ1v) is 3.88. The van der Waals surface area contributed by atoms with E-state index in [1.54, 1.807) is 0 Å². The fourth-order valence-electron chi connectivity index (χ4n) is 0.749. The summed E-state index contributed by atoms with van der Waals surface area (Å²) in [4.78, 5) is 0. The Morgan fingerprint density at radius 2 is 2.10 bits per heavy atom.